The second kappa shape index (κ2) is 5.32. The first kappa shape index (κ1) is 10.7. The summed E-state index contributed by atoms with van der Waals surface area (Å²) >= 11 is 0. The van der Waals surface area contributed by atoms with Crippen molar-refractivity contribution in [1.82, 2.24) is 15.2 Å². The minimum atomic E-state index is 0.508. The van der Waals surface area contributed by atoms with Crippen molar-refractivity contribution < 1.29 is 0 Å². The van der Waals surface area contributed by atoms with Crippen LogP contribution < -0.4 is 5.43 Å². The smallest absolute Gasteiger partial charge is 0.146 e. The molecule has 0 spiro atoms. The molecule has 0 aromatic carbocycles. The summed E-state index contributed by atoms with van der Waals surface area (Å²) in [6, 6.07) is 8.88. The summed E-state index contributed by atoms with van der Waals surface area (Å²) in [4.78, 5) is 4.00. The molecule has 17 heavy (non-hydrogen) atoms. The van der Waals surface area contributed by atoms with Gasteiger partial charge in [-0.2, -0.15) is 15.5 Å². The molecule has 2 aromatic heterocycles. The molecule has 2 aromatic rings. The highest BCUT2D eigenvalue weighted by Crippen LogP contribution is 2.03. The number of hydrogen-bond acceptors (Lipinski definition) is 6. The molecule has 0 aliphatic rings. The van der Waals surface area contributed by atoms with E-state index in [1.165, 1.54) is 12.4 Å². The van der Waals surface area contributed by atoms with E-state index in [1.807, 2.05) is 6.07 Å². The fourth-order valence-electron chi connectivity index (χ4n) is 1.07. The van der Waals surface area contributed by atoms with Crippen LogP contribution in [0.15, 0.2) is 41.8 Å². The molecule has 0 bridgehead atoms. The van der Waals surface area contributed by atoms with Crippen molar-refractivity contribution in [2.45, 2.75) is 0 Å². The molecule has 82 valence electrons. The molecule has 1 N–H and O–H groups in total. The van der Waals surface area contributed by atoms with Gasteiger partial charge in [0, 0.05) is 12.4 Å². The first-order valence-electron chi connectivity index (χ1n) is 4.81. The van der Waals surface area contributed by atoms with Gasteiger partial charge in [-0.1, -0.05) is 0 Å². The zero-order valence-corrected chi connectivity index (χ0v) is 8.78. The van der Waals surface area contributed by atoms with E-state index in [4.69, 9.17) is 5.26 Å². The van der Waals surface area contributed by atoms with E-state index < -0.39 is 0 Å². The van der Waals surface area contributed by atoms with Crippen LogP contribution in [0.2, 0.25) is 0 Å². The number of rotatable bonds is 3. The fraction of sp³-hybridized carbons (Fsp3) is 0. The Morgan fingerprint density at radius 3 is 2.94 bits per heavy atom. The Kier molecular flexibility index (Phi) is 3.35. The normalized spacial score (nSPS) is 10.1. The monoisotopic (exact) mass is 224 g/mol. The van der Waals surface area contributed by atoms with Crippen LogP contribution in [0.1, 0.15) is 11.3 Å². The van der Waals surface area contributed by atoms with E-state index in [0.29, 0.717) is 17.1 Å². The minimum absolute atomic E-state index is 0.508. The van der Waals surface area contributed by atoms with E-state index >= 15 is 0 Å². The van der Waals surface area contributed by atoms with Crippen LogP contribution in [0.3, 0.4) is 0 Å². The molecule has 0 amide bonds. The third kappa shape index (κ3) is 3.07. The van der Waals surface area contributed by atoms with Gasteiger partial charge in [-0.3, -0.25) is 5.43 Å². The van der Waals surface area contributed by atoms with Gasteiger partial charge in [-0.15, -0.1) is 5.10 Å². The lowest BCUT2D eigenvalue weighted by molar-refractivity contribution is 1.02. The Bertz CT molecular complexity index is 540. The summed E-state index contributed by atoms with van der Waals surface area (Å²) in [5.41, 5.74) is 3.88. The van der Waals surface area contributed by atoms with Crippen molar-refractivity contribution in [3.8, 4) is 6.07 Å². The van der Waals surface area contributed by atoms with Gasteiger partial charge < -0.3 is 0 Å². The summed E-state index contributed by atoms with van der Waals surface area (Å²) in [6.07, 6.45) is 4.60. The molecule has 6 heteroatoms. The number of pyridine rings is 1. The second-order valence-corrected chi connectivity index (χ2v) is 3.06. The first-order valence-corrected chi connectivity index (χ1v) is 4.81. The van der Waals surface area contributed by atoms with Gasteiger partial charge in [0.15, 0.2) is 0 Å². The molecule has 0 saturated carbocycles. The number of nitrogens with zero attached hydrogens (tertiary/aromatic N) is 5. The summed E-state index contributed by atoms with van der Waals surface area (Å²) in [7, 11) is 0. The molecule has 0 aliphatic carbocycles. The lowest BCUT2D eigenvalue weighted by Crippen LogP contribution is -1.95. The van der Waals surface area contributed by atoms with Crippen LogP contribution in [0.5, 0.6) is 0 Å². The number of nitriles is 1. The predicted molar refractivity (Wildman–Crippen MR) is 62.2 cm³/mol. The Labute approximate surface area is 97.7 Å². The highest BCUT2D eigenvalue weighted by molar-refractivity contribution is 5.77. The first-order chi connectivity index (χ1) is 8.38. The lowest BCUT2D eigenvalue weighted by Gasteiger charge is -1.97. The van der Waals surface area contributed by atoms with Crippen molar-refractivity contribution in [3.05, 3.63) is 47.9 Å². The van der Waals surface area contributed by atoms with Gasteiger partial charge in [0.25, 0.3) is 0 Å². The molecule has 2 heterocycles. The second-order valence-electron chi connectivity index (χ2n) is 3.06. The topological polar surface area (TPSA) is 86.9 Å². The van der Waals surface area contributed by atoms with Crippen molar-refractivity contribution in [2.24, 2.45) is 5.10 Å². The molecule has 0 saturated heterocycles. The number of hydrazone groups is 1. The average molecular weight is 224 g/mol. The zero-order valence-electron chi connectivity index (χ0n) is 8.78. The van der Waals surface area contributed by atoms with E-state index in [-0.39, 0.29) is 0 Å². The number of hydrogen-bond donors (Lipinski definition) is 1. The number of aromatic nitrogens is 3. The van der Waals surface area contributed by atoms with E-state index in [9.17, 15) is 0 Å². The lowest BCUT2D eigenvalue weighted by atomic mass is 10.3. The maximum absolute atomic E-state index is 8.60. The fourth-order valence-corrected chi connectivity index (χ4v) is 1.07. The molecule has 0 atom stereocenters. The number of nitrogens with one attached hydrogen (secondary N) is 1. The van der Waals surface area contributed by atoms with E-state index in [0.717, 1.165) is 0 Å². The molecule has 0 aliphatic heterocycles. The Balaban J connectivity index is 1.98. The highest BCUT2D eigenvalue weighted by Gasteiger charge is 1.92. The molecular formula is C11H8N6. The maximum Gasteiger partial charge on any atom is 0.146 e. The van der Waals surface area contributed by atoms with Gasteiger partial charge in [-0.25, -0.2) is 4.98 Å². The summed E-state index contributed by atoms with van der Waals surface area (Å²) in [5.74, 6) is 0.559. The largest absolute Gasteiger partial charge is 0.261 e. The highest BCUT2D eigenvalue weighted by atomic mass is 15.3. The summed E-state index contributed by atoms with van der Waals surface area (Å²) in [6.45, 7) is 0. The predicted octanol–water partition coefficient (Wildman–Crippen LogP) is 1.19. The van der Waals surface area contributed by atoms with Gasteiger partial charge in [0.2, 0.25) is 0 Å². The Morgan fingerprint density at radius 1 is 1.35 bits per heavy atom. The van der Waals surface area contributed by atoms with Gasteiger partial charge in [0.05, 0.1) is 11.8 Å². The quantitative estimate of drug-likeness (QED) is 0.625. The average Bonchev–Trinajstić information content (AvgIpc) is 2.41. The molecule has 6 nitrogen and oxygen atoms in total. The van der Waals surface area contributed by atoms with Crippen molar-refractivity contribution in [3.63, 3.8) is 0 Å². The molecule has 0 fully saturated rings. The van der Waals surface area contributed by atoms with E-state index in [1.54, 1.807) is 30.5 Å². The van der Waals surface area contributed by atoms with Crippen molar-refractivity contribution in [2.75, 3.05) is 5.43 Å². The standard InChI is InChI=1S/C11H8N6/c12-6-9-3-4-11(13-7-9)17-15-8-10-2-1-5-14-16-10/h1-5,7-8H,(H,13,17). The van der Waals surface area contributed by atoms with Crippen molar-refractivity contribution in [1.29, 1.82) is 5.26 Å². The third-order valence-electron chi connectivity index (χ3n) is 1.86. The van der Waals surface area contributed by atoms with Gasteiger partial charge in [0.1, 0.15) is 17.6 Å². The van der Waals surface area contributed by atoms with Gasteiger partial charge in [-0.05, 0) is 24.3 Å². The van der Waals surface area contributed by atoms with Crippen LogP contribution in [-0.4, -0.2) is 21.4 Å². The van der Waals surface area contributed by atoms with Crippen LogP contribution in [0.25, 0.3) is 0 Å². The van der Waals surface area contributed by atoms with Crippen LogP contribution in [-0.2, 0) is 0 Å². The Morgan fingerprint density at radius 2 is 2.29 bits per heavy atom. The van der Waals surface area contributed by atoms with Crippen LogP contribution >= 0.6 is 0 Å². The molecule has 0 radical (unpaired) electrons. The Hall–Kier alpha value is -2.81. The summed E-state index contributed by atoms with van der Waals surface area (Å²) in [5, 5.41) is 20.1. The van der Waals surface area contributed by atoms with Crippen LogP contribution in [0.4, 0.5) is 5.82 Å². The van der Waals surface area contributed by atoms with E-state index in [2.05, 4.69) is 25.7 Å². The summed E-state index contributed by atoms with van der Waals surface area (Å²) < 4.78 is 0. The molecular weight excluding hydrogens is 216 g/mol. The van der Waals surface area contributed by atoms with Crippen molar-refractivity contribution >= 4 is 12.0 Å². The third-order valence-corrected chi connectivity index (χ3v) is 1.86. The number of anilines is 1. The zero-order chi connectivity index (χ0) is 11.9. The minimum Gasteiger partial charge on any atom is -0.261 e. The SMILES string of the molecule is N#Cc1ccc(NN=Cc2cccnn2)nc1. The molecule has 2 rings (SSSR count). The maximum atomic E-state index is 8.60. The molecule has 0 unspecified atom stereocenters. The van der Waals surface area contributed by atoms with Gasteiger partial charge >= 0.3 is 0 Å². The van der Waals surface area contributed by atoms with Crippen LogP contribution in [0, 0.1) is 11.3 Å².